The summed E-state index contributed by atoms with van der Waals surface area (Å²) in [5.74, 6) is 0.854. The smallest absolute Gasteiger partial charge is 0.367 e. The van der Waals surface area contributed by atoms with Crippen molar-refractivity contribution in [1.82, 2.24) is 19.9 Å². The molecule has 0 saturated carbocycles. The Hall–Kier alpha value is -2.26. The summed E-state index contributed by atoms with van der Waals surface area (Å²) in [7, 11) is 2.10. The SMILES string of the molecule is CN1CCN(n2c3c(c(SCC(=O)NCc4ccco4)nc2=O)CCCC3)CC1. The number of rotatable bonds is 6. The minimum Gasteiger partial charge on any atom is -0.467 e. The van der Waals surface area contributed by atoms with Crippen LogP contribution in [0, 0.1) is 0 Å². The van der Waals surface area contributed by atoms with Gasteiger partial charge in [0.05, 0.1) is 24.3 Å². The van der Waals surface area contributed by atoms with Crippen molar-refractivity contribution in [2.45, 2.75) is 37.3 Å². The average molecular weight is 418 g/mol. The van der Waals surface area contributed by atoms with Gasteiger partial charge >= 0.3 is 5.69 Å². The third kappa shape index (κ3) is 4.67. The molecule has 0 aromatic carbocycles. The molecule has 1 fully saturated rings. The molecule has 1 aliphatic heterocycles. The van der Waals surface area contributed by atoms with Gasteiger partial charge in [0.2, 0.25) is 5.91 Å². The van der Waals surface area contributed by atoms with Crippen LogP contribution in [0.2, 0.25) is 0 Å². The van der Waals surface area contributed by atoms with Gasteiger partial charge < -0.3 is 19.6 Å². The summed E-state index contributed by atoms with van der Waals surface area (Å²) in [5.41, 5.74) is 1.99. The molecule has 2 aromatic heterocycles. The normalized spacial score (nSPS) is 17.2. The number of piperazine rings is 1. The summed E-state index contributed by atoms with van der Waals surface area (Å²) < 4.78 is 7.04. The molecule has 156 valence electrons. The molecule has 2 aromatic rings. The quantitative estimate of drug-likeness (QED) is 0.555. The molecule has 0 bridgehead atoms. The maximum Gasteiger partial charge on any atom is 0.367 e. The van der Waals surface area contributed by atoms with Gasteiger partial charge in [-0.1, -0.05) is 11.8 Å². The van der Waals surface area contributed by atoms with Crippen LogP contribution in [0.5, 0.6) is 0 Å². The molecule has 1 N–H and O–H groups in total. The van der Waals surface area contributed by atoms with E-state index in [1.54, 1.807) is 12.3 Å². The van der Waals surface area contributed by atoms with E-state index in [1.165, 1.54) is 11.8 Å². The van der Waals surface area contributed by atoms with E-state index in [9.17, 15) is 9.59 Å². The van der Waals surface area contributed by atoms with Gasteiger partial charge in [0.1, 0.15) is 10.8 Å². The Balaban J connectivity index is 1.48. The lowest BCUT2D eigenvalue weighted by Crippen LogP contribution is -2.55. The molecule has 1 aliphatic carbocycles. The first-order valence-electron chi connectivity index (χ1n) is 10.1. The Bertz CT molecular complexity index is 904. The van der Waals surface area contributed by atoms with Gasteiger partial charge in [-0.05, 0) is 44.9 Å². The molecule has 0 radical (unpaired) electrons. The van der Waals surface area contributed by atoms with Gasteiger partial charge in [-0.3, -0.25) is 4.79 Å². The minimum atomic E-state index is -0.228. The summed E-state index contributed by atoms with van der Waals surface area (Å²) in [6, 6.07) is 3.62. The number of furan rings is 1. The van der Waals surface area contributed by atoms with Gasteiger partial charge in [0.15, 0.2) is 0 Å². The molecule has 1 amide bonds. The molecule has 0 atom stereocenters. The highest BCUT2D eigenvalue weighted by atomic mass is 32.2. The number of nitrogens with zero attached hydrogens (tertiary/aromatic N) is 4. The highest BCUT2D eigenvalue weighted by Gasteiger charge is 2.25. The van der Waals surface area contributed by atoms with Crippen molar-refractivity contribution in [2.24, 2.45) is 0 Å². The number of hydrogen-bond donors (Lipinski definition) is 1. The molecule has 3 heterocycles. The Morgan fingerprint density at radius 3 is 2.79 bits per heavy atom. The number of likely N-dealkylation sites (N-methyl/N-ethyl adjacent to an activating group) is 1. The first-order chi connectivity index (χ1) is 14.1. The van der Waals surface area contributed by atoms with Gasteiger partial charge in [-0.15, -0.1) is 0 Å². The lowest BCUT2D eigenvalue weighted by molar-refractivity contribution is -0.118. The summed E-state index contributed by atoms with van der Waals surface area (Å²) in [5, 5.41) is 5.68. The second kappa shape index (κ2) is 9.04. The third-order valence-corrected chi connectivity index (χ3v) is 6.49. The number of thioether (sulfide) groups is 1. The monoisotopic (exact) mass is 417 g/mol. The predicted octanol–water partition coefficient (Wildman–Crippen LogP) is 1.01. The van der Waals surface area contributed by atoms with Crippen molar-refractivity contribution < 1.29 is 9.21 Å². The summed E-state index contributed by atoms with van der Waals surface area (Å²) in [6.07, 6.45) is 5.55. The second-order valence-electron chi connectivity index (χ2n) is 7.55. The topological polar surface area (TPSA) is 83.6 Å². The molecule has 0 unspecified atom stereocenters. The van der Waals surface area contributed by atoms with Crippen LogP contribution in [0.4, 0.5) is 0 Å². The molecule has 1 saturated heterocycles. The Labute approximate surface area is 174 Å². The van der Waals surface area contributed by atoms with E-state index >= 15 is 0 Å². The molecule has 29 heavy (non-hydrogen) atoms. The van der Waals surface area contributed by atoms with Crippen molar-refractivity contribution in [2.75, 3.05) is 44.0 Å². The Morgan fingerprint density at radius 2 is 2.03 bits per heavy atom. The van der Waals surface area contributed by atoms with Crippen LogP contribution in [-0.4, -0.2) is 59.4 Å². The summed E-state index contributed by atoms with van der Waals surface area (Å²) in [6.45, 7) is 3.89. The molecule has 8 nitrogen and oxygen atoms in total. The second-order valence-corrected chi connectivity index (χ2v) is 8.51. The maximum absolute atomic E-state index is 12.9. The van der Waals surface area contributed by atoms with Crippen molar-refractivity contribution in [3.05, 3.63) is 45.9 Å². The Kier molecular flexibility index (Phi) is 6.25. The summed E-state index contributed by atoms with van der Waals surface area (Å²) in [4.78, 5) is 31.8. The molecule has 2 aliphatic rings. The standard InChI is InChI=1S/C20H27N5O3S/c1-23-8-10-24(11-9-23)25-17-7-3-2-6-16(17)19(22-20(25)27)29-14-18(26)21-13-15-5-4-12-28-15/h4-5,12H,2-3,6-11,13-14H2,1H3,(H,21,26). The van der Waals surface area contributed by atoms with Gasteiger partial charge in [-0.25, -0.2) is 9.47 Å². The van der Waals surface area contributed by atoms with Crippen LogP contribution in [0.3, 0.4) is 0 Å². The van der Waals surface area contributed by atoms with Crippen LogP contribution in [0.1, 0.15) is 29.9 Å². The van der Waals surface area contributed by atoms with Gasteiger partial charge in [-0.2, -0.15) is 4.98 Å². The fourth-order valence-electron chi connectivity index (χ4n) is 3.86. The van der Waals surface area contributed by atoms with E-state index in [2.05, 4.69) is 27.3 Å². The largest absolute Gasteiger partial charge is 0.467 e. The summed E-state index contributed by atoms with van der Waals surface area (Å²) >= 11 is 1.36. The van der Waals surface area contributed by atoms with Crippen molar-refractivity contribution in [3.8, 4) is 0 Å². The number of hydrogen-bond acceptors (Lipinski definition) is 7. The Morgan fingerprint density at radius 1 is 1.24 bits per heavy atom. The number of aromatic nitrogens is 2. The first kappa shape index (κ1) is 20.0. The predicted molar refractivity (Wildman–Crippen MR) is 112 cm³/mol. The number of fused-ring (bicyclic) bond motifs is 1. The third-order valence-electron chi connectivity index (χ3n) is 5.47. The minimum absolute atomic E-state index is 0.0963. The lowest BCUT2D eigenvalue weighted by Gasteiger charge is -2.37. The zero-order chi connectivity index (χ0) is 20.2. The van der Waals surface area contributed by atoms with Crippen LogP contribution < -0.4 is 16.0 Å². The average Bonchev–Trinajstić information content (AvgIpc) is 3.25. The molecular formula is C20H27N5O3S. The van der Waals surface area contributed by atoms with Crippen LogP contribution >= 0.6 is 11.8 Å². The number of carbonyl (C=O) groups is 1. The first-order valence-corrected chi connectivity index (χ1v) is 11.1. The van der Waals surface area contributed by atoms with Gasteiger partial charge in [0.25, 0.3) is 0 Å². The van der Waals surface area contributed by atoms with Crippen LogP contribution in [0.15, 0.2) is 32.6 Å². The fourth-order valence-corrected chi connectivity index (χ4v) is 4.77. The van der Waals surface area contributed by atoms with Crippen molar-refractivity contribution in [1.29, 1.82) is 0 Å². The maximum atomic E-state index is 12.9. The number of amides is 1. The molecule has 9 heteroatoms. The van der Waals surface area contributed by atoms with E-state index in [4.69, 9.17) is 4.42 Å². The van der Waals surface area contributed by atoms with Crippen molar-refractivity contribution >= 4 is 17.7 Å². The number of carbonyl (C=O) groups excluding carboxylic acids is 1. The molecular weight excluding hydrogens is 390 g/mol. The van der Waals surface area contributed by atoms with E-state index in [1.807, 2.05) is 10.7 Å². The highest BCUT2D eigenvalue weighted by Crippen LogP contribution is 2.28. The van der Waals surface area contributed by atoms with E-state index < -0.39 is 0 Å². The lowest BCUT2D eigenvalue weighted by atomic mass is 9.97. The van der Waals surface area contributed by atoms with Gasteiger partial charge in [0, 0.05) is 31.7 Å². The van der Waals surface area contributed by atoms with E-state index in [-0.39, 0.29) is 17.3 Å². The zero-order valence-electron chi connectivity index (χ0n) is 16.7. The van der Waals surface area contributed by atoms with Crippen molar-refractivity contribution in [3.63, 3.8) is 0 Å². The van der Waals surface area contributed by atoms with E-state index in [0.717, 1.165) is 63.1 Å². The highest BCUT2D eigenvalue weighted by molar-refractivity contribution is 7.99. The molecule has 0 spiro atoms. The zero-order valence-corrected chi connectivity index (χ0v) is 17.5. The fraction of sp³-hybridized carbons (Fsp3) is 0.550. The van der Waals surface area contributed by atoms with E-state index in [0.29, 0.717) is 17.3 Å². The van der Waals surface area contributed by atoms with Crippen LogP contribution in [-0.2, 0) is 24.2 Å². The molecule has 4 rings (SSSR count). The van der Waals surface area contributed by atoms with Crippen LogP contribution in [0.25, 0.3) is 0 Å². The number of nitrogens with one attached hydrogen (secondary N) is 1.